The smallest absolute Gasteiger partial charge is 0.321 e. The van der Waals surface area contributed by atoms with Gasteiger partial charge in [0.05, 0.1) is 0 Å². The lowest BCUT2D eigenvalue weighted by atomic mass is 9.53. The lowest BCUT2D eigenvalue weighted by Gasteiger charge is -2.56. The SMILES string of the molecule is Cc1cc(C)nc(NC(=NCCc2cccs2)NC(=O)NC23CC4CC(CC(C4)C2)C3)n1. The topological polar surface area (TPSA) is 91.3 Å². The minimum atomic E-state index is -0.182. The summed E-state index contributed by atoms with van der Waals surface area (Å²) >= 11 is 1.72. The van der Waals surface area contributed by atoms with Crippen molar-refractivity contribution in [1.29, 1.82) is 0 Å². The second kappa shape index (κ2) is 8.81. The number of aromatic nitrogens is 2. The molecule has 170 valence electrons. The van der Waals surface area contributed by atoms with E-state index in [-0.39, 0.29) is 11.6 Å². The molecule has 0 radical (unpaired) electrons. The van der Waals surface area contributed by atoms with Crippen LogP contribution in [0.25, 0.3) is 0 Å². The van der Waals surface area contributed by atoms with Crippen LogP contribution in [-0.4, -0.2) is 34.0 Å². The van der Waals surface area contributed by atoms with Crippen LogP contribution in [0.15, 0.2) is 28.6 Å². The molecule has 4 saturated carbocycles. The van der Waals surface area contributed by atoms with Gasteiger partial charge in [-0.3, -0.25) is 15.6 Å². The summed E-state index contributed by atoms with van der Waals surface area (Å²) in [5.41, 5.74) is 1.70. The summed E-state index contributed by atoms with van der Waals surface area (Å²) in [7, 11) is 0. The summed E-state index contributed by atoms with van der Waals surface area (Å²) < 4.78 is 0. The molecule has 2 aromatic rings. The molecule has 7 nitrogen and oxygen atoms in total. The first-order valence-electron chi connectivity index (χ1n) is 11.7. The van der Waals surface area contributed by atoms with Crippen molar-refractivity contribution in [2.24, 2.45) is 22.7 Å². The first-order chi connectivity index (χ1) is 15.4. The average molecular weight is 453 g/mol. The van der Waals surface area contributed by atoms with E-state index in [0.717, 1.165) is 54.8 Å². The number of aliphatic imine (C=N–C) groups is 1. The molecule has 3 N–H and O–H groups in total. The largest absolute Gasteiger partial charge is 0.332 e. The Labute approximate surface area is 193 Å². The number of carbonyl (C=O) groups is 1. The van der Waals surface area contributed by atoms with Crippen molar-refractivity contribution in [2.75, 3.05) is 11.9 Å². The van der Waals surface area contributed by atoms with Crippen molar-refractivity contribution < 1.29 is 4.79 Å². The fourth-order valence-electron chi connectivity index (χ4n) is 6.37. The molecule has 0 unspecified atom stereocenters. The van der Waals surface area contributed by atoms with Gasteiger partial charge in [0.2, 0.25) is 11.9 Å². The van der Waals surface area contributed by atoms with Crippen LogP contribution >= 0.6 is 11.3 Å². The van der Waals surface area contributed by atoms with Crippen molar-refractivity contribution in [3.8, 4) is 0 Å². The predicted molar refractivity (Wildman–Crippen MR) is 128 cm³/mol. The Morgan fingerprint density at radius 2 is 1.78 bits per heavy atom. The van der Waals surface area contributed by atoms with E-state index in [9.17, 15) is 4.79 Å². The van der Waals surface area contributed by atoms with Gasteiger partial charge < -0.3 is 5.32 Å². The average Bonchev–Trinajstić information content (AvgIpc) is 3.19. The minimum Gasteiger partial charge on any atom is -0.332 e. The lowest BCUT2D eigenvalue weighted by Crippen LogP contribution is -2.62. The number of anilines is 1. The first kappa shape index (κ1) is 21.4. The third-order valence-electron chi connectivity index (χ3n) is 7.07. The zero-order valence-electron chi connectivity index (χ0n) is 18.9. The number of rotatable bonds is 5. The van der Waals surface area contributed by atoms with E-state index in [1.807, 2.05) is 26.0 Å². The normalized spacial score (nSPS) is 28.6. The number of carbonyl (C=O) groups excluding carboxylic acids is 1. The first-order valence-corrected chi connectivity index (χ1v) is 12.6. The van der Waals surface area contributed by atoms with E-state index in [1.54, 1.807) is 11.3 Å². The summed E-state index contributed by atoms with van der Waals surface area (Å²) in [6.07, 6.45) is 8.23. The maximum absolute atomic E-state index is 13.1. The fraction of sp³-hybridized carbons (Fsp3) is 0.583. The summed E-state index contributed by atoms with van der Waals surface area (Å²) in [6, 6.07) is 5.89. The van der Waals surface area contributed by atoms with Crippen LogP contribution in [0.4, 0.5) is 10.7 Å². The van der Waals surface area contributed by atoms with Crippen molar-refractivity contribution >= 4 is 29.3 Å². The zero-order chi connectivity index (χ0) is 22.1. The van der Waals surface area contributed by atoms with Crippen molar-refractivity contribution in [3.05, 3.63) is 39.8 Å². The van der Waals surface area contributed by atoms with E-state index >= 15 is 0 Å². The molecule has 4 fully saturated rings. The van der Waals surface area contributed by atoms with Gasteiger partial charge in [-0.2, -0.15) is 0 Å². The highest BCUT2D eigenvalue weighted by atomic mass is 32.1. The van der Waals surface area contributed by atoms with Crippen LogP contribution in [0, 0.1) is 31.6 Å². The van der Waals surface area contributed by atoms with Gasteiger partial charge in [0.1, 0.15) is 0 Å². The van der Waals surface area contributed by atoms with Crippen LogP contribution in [-0.2, 0) is 6.42 Å². The number of amides is 2. The quantitative estimate of drug-likeness (QED) is 0.462. The molecule has 0 saturated heterocycles. The molecular weight excluding hydrogens is 420 g/mol. The van der Waals surface area contributed by atoms with E-state index in [2.05, 4.69) is 42.4 Å². The molecule has 4 aliphatic rings. The van der Waals surface area contributed by atoms with Gasteiger partial charge in [0.25, 0.3) is 0 Å². The summed E-state index contributed by atoms with van der Waals surface area (Å²) in [4.78, 5) is 27.9. The third-order valence-corrected chi connectivity index (χ3v) is 8.01. The van der Waals surface area contributed by atoms with Gasteiger partial charge in [-0.05, 0) is 87.6 Å². The molecule has 4 bridgehead atoms. The van der Waals surface area contributed by atoms with Gasteiger partial charge in [-0.25, -0.2) is 14.8 Å². The Hall–Kier alpha value is -2.48. The van der Waals surface area contributed by atoms with Gasteiger partial charge in [0, 0.05) is 34.8 Å². The highest BCUT2D eigenvalue weighted by Gasteiger charge is 2.51. The van der Waals surface area contributed by atoms with Crippen molar-refractivity contribution in [1.82, 2.24) is 20.6 Å². The third kappa shape index (κ3) is 4.95. The molecule has 2 heterocycles. The van der Waals surface area contributed by atoms with Gasteiger partial charge in [0.15, 0.2) is 0 Å². The number of hydrogen-bond acceptors (Lipinski definition) is 5. The summed E-state index contributed by atoms with van der Waals surface area (Å²) in [5, 5.41) is 11.5. The molecule has 0 aliphatic heterocycles. The highest BCUT2D eigenvalue weighted by molar-refractivity contribution is 7.09. The molecule has 2 amide bonds. The summed E-state index contributed by atoms with van der Waals surface area (Å²) in [5.74, 6) is 3.19. The Morgan fingerprint density at radius 1 is 1.12 bits per heavy atom. The monoisotopic (exact) mass is 452 g/mol. The Morgan fingerprint density at radius 3 is 2.38 bits per heavy atom. The van der Waals surface area contributed by atoms with E-state index < -0.39 is 0 Å². The van der Waals surface area contributed by atoms with Gasteiger partial charge >= 0.3 is 6.03 Å². The number of guanidine groups is 1. The number of urea groups is 1. The molecule has 2 aromatic heterocycles. The highest BCUT2D eigenvalue weighted by Crippen LogP contribution is 2.55. The van der Waals surface area contributed by atoms with Crippen LogP contribution in [0.2, 0.25) is 0 Å². The maximum Gasteiger partial charge on any atom is 0.321 e. The predicted octanol–water partition coefficient (Wildman–Crippen LogP) is 4.43. The Balaban J connectivity index is 1.27. The standard InChI is InChI=1S/C24H32N6OS/c1-15-8-16(2)27-22(26-15)28-21(25-6-5-20-4-3-7-32-20)29-23(31)30-24-12-17-9-18(13-24)11-19(10-17)14-24/h3-4,7-8,17-19H,5-6,9-14H2,1-2H3,(H3,25,26,27,28,29,30,31). The van der Waals surface area contributed by atoms with Crippen molar-refractivity contribution in [2.45, 2.75) is 64.3 Å². The number of thiophene rings is 1. The molecule has 4 aliphatic carbocycles. The molecule has 8 heteroatoms. The van der Waals surface area contributed by atoms with E-state index in [0.29, 0.717) is 18.5 Å². The minimum absolute atomic E-state index is 0.0443. The Kier molecular flexibility index (Phi) is 5.88. The second-order valence-electron chi connectivity index (χ2n) is 9.94. The van der Waals surface area contributed by atoms with Crippen LogP contribution in [0.5, 0.6) is 0 Å². The molecule has 0 spiro atoms. The number of hydrogen-bond donors (Lipinski definition) is 3. The lowest BCUT2D eigenvalue weighted by molar-refractivity contribution is -0.0132. The summed E-state index contributed by atoms with van der Waals surface area (Å²) in [6.45, 7) is 4.44. The van der Waals surface area contributed by atoms with Crippen molar-refractivity contribution in [3.63, 3.8) is 0 Å². The molecule has 0 aromatic carbocycles. The molecule has 0 atom stereocenters. The second-order valence-corrected chi connectivity index (χ2v) is 11.0. The van der Waals surface area contributed by atoms with E-state index in [4.69, 9.17) is 0 Å². The number of aryl methyl sites for hydroxylation is 2. The van der Waals surface area contributed by atoms with Crippen LogP contribution in [0.1, 0.15) is 54.8 Å². The number of nitrogens with zero attached hydrogens (tertiary/aromatic N) is 3. The van der Waals surface area contributed by atoms with Gasteiger partial charge in [-0.1, -0.05) is 6.07 Å². The van der Waals surface area contributed by atoms with Crippen LogP contribution < -0.4 is 16.0 Å². The zero-order valence-corrected chi connectivity index (χ0v) is 19.7. The Bertz CT molecular complexity index is 946. The van der Waals surface area contributed by atoms with E-state index in [1.165, 1.54) is 24.1 Å². The molecule has 6 rings (SSSR count). The maximum atomic E-state index is 13.1. The number of nitrogens with one attached hydrogen (secondary N) is 3. The van der Waals surface area contributed by atoms with Gasteiger partial charge in [-0.15, -0.1) is 11.3 Å². The molecular formula is C24H32N6OS. The fourth-order valence-corrected chi connectivity index (χ4v) is 7.07. The molecule has 32 heavy (non-hydrogen) atoms. The van der Waals surface area contributed by atoms with Crippen LogP contribution in [0.3, 0.4) is 0 Å².